The number of benzene rings is 1. The van der Waals surface area contributed by atoms with E-state index in [1.165, 1.54) is 6.92 Å². The first kappa shape index (κ1) is 24.1. The van der Waals surface area contributed by atoms with E-state index in [1.54, 1.807) is 0 Å². The fraction of sp³-hybridized carbons (Fsp3) is 0.500. The van der Waals surface area contributed by atoms with Crippen molar-refractivity contribution in [3.63, 3.8) is 0 Å². The van der Waals surface area contributed by atoms with Crippen LogP contribution in [0.1, 0.15) is 32.8 Å². The summed E-state index contributed by atoms with van der Waals surface area (Å²) in [4.78, 5) is 47.3. The maximum atomic E-state index is 12.2. The zero-order valence-electron chi connectivity index (χ0n) is 17.0. The number of carboxylic acid groups (broad SMARTS) is 1. The van der Waals surface area contributed by atoms with E-state index in [4.69, 9.17) is 10.8 Å². The van der Waals surface area contributed by atoms with E-state index in [0.29, 0.717) is 6.42 Å². The summed E-state index contributed by atoms with van der Waals surface area (Å²) in [5.74, 6) is -2.72. The molecule has 9 heteroatoms. The molecule has 1 aromatic rings. The molecule has 0 radical (unpaired) electrons. The Balaban J connectivity index is 2.43. The van der Waals surface area contributed by atoms with E-state index in [1.807, 2.05) is 44.2 Å². The molecule has 0 bridgehead atoms. The number of hydrogen-bond acceptors (Lipinski definition) is 5. The van der Waals surface area contributed by atoms with Crippen molar-refractivity contribution in [3.8, 4) is 0 Å². The normalized spacial score (nSPS) is 13.8. The molecular formula is C20H30N4O5. The maximum absolute atomic E-state index is 12.2. The van der Waals surface area contributed by atoms with Gasteiger partial charge in [0.25, 0.3) is 0 Å². The lowest BCUT2D eigenvalue weighted by Crippen LogP contribution is -2.52. The molecule has 29 heavy (non-hydrogen) atoms. The minimum atomic E-state index is -1.13. The lowest BCUT2D eigenvalue weighted by molar-refractivity contribution is -0.142. The second-order valence-electron chi connectivity index (χ2n) is 7.33. The van der Waals surface area contributed by atoms with Crippen LogP contribution in [0.2, 0.25) is 0 Å². The highest BCUT2D eigenvalue weighted by Gasteiger charge is 2.23. The number of carbonyl (C=O) groups is 4. The van der Waals surface area contributed by atoms with Crippen LogP contribution in [0, 0.1) is 5.92 Å². The van der Waals surface area contributed by atoms with Crippen molar-refractivity contribution in [1.29, 1.82) is 0 Å². The van der Waals surface area contributed by atoms with Crippen molar-refractivity contribution in [3.05, 3.63) is 35.9 Å². The molecule has 0 fully saturated rings. The van der Waals surface area contributed by atoms with E-state index in [9.17, 15) is 19.2 Å². The largest absolute Gasteiger partial charge is 0.480 e. The molecule has 0 heterocycles. The van der Waals surface area contributed by atoms with Crippen molar-refractivity contribution in [1.82, 2.24) is 16.0 Å². The number of rotatable bonds is 11. The van der Waals surface area contributed by atoms with Gasteiger partial charge in [-0.15, -0.1) is 0 Å². The first-order valence-electron chi connectivity index (χ1n) is 9.49. The zero-order valence-corrected chi connectivity index (χ0v) is 17.0. The topological polar surface area (TPSA) is 151 Å². The van der Waals surface area contributed by atoms with E-state index in [-0.39, 0.29) is 12.3 Å². The maximum Gasteiger partial charge on any atom is 0.326 e. The first-order chi connectivity index (χ1) is 13.6. The van der Waals surface area contributed by atoms with E-state index in [0.717, 1.165) is 5.56 Å². The highest BCUT2D eigenvalue weighted by atomic mass is 16.4. The van der Waals surface area contributed by atoms with Crippen LogP contribution >= 0.6 is 0 Å². The summed E-state index contributed by atoms with van der Waals surface area (Å²) in [5.41, 5.74) is 6.78. The summed E-state index contributed by atoms with van der Waals surface area (Å²) in [6.07, 6.45) is 0.608. The Labute approximate surface area is 170 Å². The molecule has 0 aromatic heterocycles. The molecule has 3 atom stereocenters. The van der Waals surface area contributed by atoms with Gasteiger partial charge in [-0.1, -0.05) is 44.2 Å². The van der Waals surface area contributed by atoms with E-state index >= 15 is 0 Å². The number of amides is 3. The number of nitrogens with one attached hydrogen (secondary N) is 3. The van der Waals surface area contributed by atoms with Gasteiger partial charge in [0.05, 0.1) is 12.6 Å². The summed E-state index contributed by atoms with van der Waals surface area (Å²) in [6, 6.07) is 6.52. The number of nitrogens with two attached hydrogens (primary N) is 1. The molecule has 0 spiro atoms. The molecule has 1 aromatic carbocycles. The van der Waals surface area contributed by atoms with Gasteiger partial charge in [-0.2, -0.15) is 0 Å². The zero-order chi connectivity index (χ0) is 22.0. The second kappa shape index (κ2) is 11.8. The quantitative estimate of drug-likeness (QED) is 0.343. The average molecular weight is 406 g/mol. The van der Waals surface area contributed by atoms with Crippen LogP contribution in [0.15, 0.2) is 30.3 Å². The molecule has 0 aliphatic heterocycles. The third kappa shape index (κ3) is 9.20. The molecule has 3 unspecified atom stereocenters. The predicted octanol–water partition coefficient (Wildman–Crippen LogP) is -0.207. The highest BCUT2D eigenvalue weighted by Crippen LogP contribution is 2.05. The molecule has 0 aliphatic rings. The Hall–Kier alpha value is -2.94. The smallest absolute Gasteiger partial charge is 0.326 e. The van der Waals surface area contributed by atoms with Gasteiger partial charge in [0, 0.05) is 0 Å². The van der Waals surface area contributed by atoms with Gasteiger partial charge in [-0.25, -0.2) is 4.79 Å². The van der Waals surface area contributed by atoms with Gasteiger partial charge in [0.2, 0.25) is 17.7 Å². The van der Waals surface area contributed by atoms with Crippen molar-refractivity contribution in [2.75, 3.05) is 6.54 Å². The van der Waals surface area contributed by atoms with Gasteiger partial charge in [-0.05, 0) is 31.2 Å². The molecular weight excluding hydrogens is 376 g/mol. The summed E-state index contributed by atoms with van der Waals surface area (Å²) < 4.78 is 0. The summed E-state index contributed by atoms with van der Waals surface area (Å²) in [5, 5.41) is 16.4. The Morgan fingerprint density at radius 1 is 1.00 bits per heavy atom. The van der Waals surface area contributed by atoms with E-state index < -0.39 is 48.4 Å². The van der Waals surface area contributed by atoms with Gasteiger partial charge >= 0.3 is 5.97 Å². The van der Waals surface area contributed by atoms with Crippen LogP contribution in [0.4, 0.5) is 0 Å². The van der Waals surface area contributed by atoms with Crippen LogP contribution in [-0.4, -0.2) is 53.5 Å². The third-order valence-electron chi connectivity index (χ3n) is 4.15. The lowest BCUT2D eigenvalue weighted by Gasteiger charge is -2.19. The minimum Gasteiger partial charge on any atom is -0.480 e. The number of carbonyl (C=O) groups excluding carboxylic acids is 3. The minimum absolute atomic E-state index is 0.0846. The van der Waals surface area contributed by atoms with Crippen molar-refractivity contribution >= 4 is 23.7 Å². The SMILES string of the molecule is CC(C)CC(NC(=O)CNC(=O)C(C)NC(=O)C(N)Cc1ccccc1)C(=O)O. The molecule has 1 rings (SSSR count). The van der Waals surface area contributed by atoms with Gasteiger partial charge in [0.1, 0.15) is 12.1 Å². The van der Waals surface area contributed by atoms with Gasteiger partial charge < -0.3 is 26.8 Å². The van der Waals surface area contributed by atoms with Crippen LogP contribution in [0.5, 0.6) is 0 Å². The van der Waals surface area contributed by atoms with Crippen molar-refractivity contribution < 1.29 is 24.3 Å². The molecule has 160 valence electrons. The van der Waals surface area contributed by atoms with Gasteiger partial charge in [-0.3, -0.25) is 14.4 Å². The lowest BCUT2D eigenvalue weighted by atomic mass is 10.0. The molecule has 0 saturated carbocycles. The van der Waals surface area contributed by atoms with E-state index in [2.05, 4.69) is 16.0 Å². The monoisotopic (exact) mass is 406 g/mol. The van der Waals surface area contributed by atoms with Crippen LogP contribution in [0.25, 0.3) is 0 Å². The molecule has 0 saturated heterocycles. The Kier molecular flexibility index (Phi) is 9.81. The molecule has 3 amide bonds. The number of carboxylic acids is 1. The second-order valence-corrected chi connectivity index (χ2v) is 7.33. The number of hydrogen-bond donors (Lipinski definition) is 5. The Morgan fingerprint density at radius 3 is 2.17 bits per heavy atom. The Morgan fingerprint density at radius 2 is 1.62 bits per heavy atom. The molecule has 0 aliphatic carbocycles. The molecule has 9 nitrogen and oxygen atoms in total. The molecule has 6 N–H and O–H groups in total. The fourth-order valence-electron chi connectivity index (χ4n) is 2.61. The summed E-state index contributed by atoms with van der Waals surface area (Å²) >= 11 is 0. The van der Waals surface area contributed by atoms with Crippen molar-refractivity contribution in [2.24, 2.45) is 11.7 Å². The summed E-state index contributed by atoms with van der Waals surface area (Å²) in [6.45, 7) is 4.77. The first-order valence-corrected chi connectivity index (χ1v) is 9.49. The Bertz CT molecular complexity index is 708. The van der Waals surface area contributed by atoms with Crippen molar-refractivity contribution in [2.45, 2.75) is 51.7 Å². The van der Waals surface area contributed by atoms with Gasteiger partial charge in [0.15, 0.2) is 0 Å². The van der Waals surface area contributed by atoms with Crippen LogP contribution in [0.3, 0.4) is 0 Å². The predicted molar refractivity (Wildman–Crippen MR) is 108 cm³/mol. The standard InChI is InChI=1S/C20H30N4O5/c1-12(2)9-16(20(28)29)24-17(25)11-22-18(26)13(3)23-19(27)15(21)10-14-7-5-4-6-8-14/h4-8,12-13,15-16H,9-11,21H2,1-3H3,(H,22,26)(H,23,27)(H,24,25)(H,28,29). The third-order valence-corrected chi connectivity index (χ3v) is 4.15. The summed E-state index contributed by atoms with van der Waals surface area (Å²) in [7, 11) is 0. The average Bonchev–Trinajstić information content (AvgIpc) is 2.65. The highest BCUT2D eigenvalue weighted by molar-refractivity contribution is 5.92. The van der Waals surface area contributed by atoms with Crippen LogP contribution < -0.4 is 21.7 Å². The fourth-order valence-corrected chi connectivity index (χ4v) is 2.61. The number of aliphatic carboxylic acids is 1. The van der Waals surface area contributed by atoms with Crippen LogP contribution in [-0.2, 0) is 25.6 Å².